The molecule has 0 radical (unpaired) electrons. The molecule has 6 nitrogen and oxygen atoms in total. The number of fused-ring (bicyclic) bond motifs is 1. The Bertz CT molecular complexity index is 1180. The second kappa shape index (κ2) is 7.37. The Kier molecular flexibility index (Phi) is 4.61. The molecular weight excluding hydrogens is 340 g/mol. The van der Waals surface area contributed by atoms with Crippen molar-refractivity contribution in [3.63, 3.8) is 0 Å². The fourth-order valence-electron chi connectivity index (χ4n) is 3.15. The van der Waals surface area contributed by atoms with Crippen LogP contribution in [0.3, 0.4) is 0 Å². The highest BCUT2D eigenvalue weighted by Crippen LogP contribution is 2.08. The number of aromatic nitrogens is 4. The van der Waals surface area contributed by atoms with Crippen LogP contribution in [-0.4, -0.2) is 19.1 Å². The van der Waals surface area contributed by atoms with E-state index in [9.17, 15) is 9.59 Å². The van der Waals surface area contributed by atoms with Crippen LogP contribution >= 0.6 is 0 Å². The van der Waals surface area contributed by atoms with E-state index in [1.54, 1.807) is 35.3 Å². The van der Waals surface area contributed by atoms with Crippen molar-refractivity contribution < 1.29 is 0 Å². The van der Waals surface area contributed by atoms with Crippen LogP contribution in [0, 0.1) is 0 Å². The maximum absolute atomic E-state index is 13.1. The molecule has 0 aliphatic carbocycles. The topological polar surface area (TPSA) is 69.8 Å². The van der Waals surface area contributed by atoms with Crippen LogP contribution < -0.4 is 11.2 Å². The maximum atomic E-state index is 13.1. The van der Waals surface area contributed by atoms with Gasteiger partial charge in [-0.2, -0.15) is 0 Å². The van der Waals surface area contributed by atoms with Gasteiger partial charge in [0.2, 0.25) is 0 Å². The summed E-state index contributed by atoms with van der Waals surface area (Å²) in [6.07, 6.45) is 5.58. The molecule has 0 aliphatic rings. The third-order valence-electron chi connectivity index (χ3n) is 4.52. The van der Waals surface area contributed by atoms with Gasteiger partial charge in [0.15, 0.2) is 5.52 Å². The molecule has 1 aromatic carbocycles. The summed E-state index contributed by atoms with van der Waals surface area (Å²) >= 11 is 0. The lowest BCUT2D eigenvalue weighted by Gasteiger charge is -2.13. The third-order valence-corrected chi connectivity index (χ3v) is 4.52. The highest BCUT2D eigenvalue weighted by molar-refractivity contribution is 5.73. The fraction of sp³-hybridized carbons (Fsp3) is 0.143. The van der Waals surface area contributed by atoms with Gasteiger partial charge in [0.05, 0.1) is 12.1 Å². The van der Waals surface area contributed by atoms with Crippen molar-refractivity contribution in [2.45, 2.75) is 19.5 Å². The van der Waals surface area contributed by atoms with Crippen molar-refractivity contribution >= 4 is 11.0 Å². The van der Waals surface area contributed by atoms with Gasteiger partial charge in [-0.3, -0.25) is 18.9 Å². The molecular formula is C21H18N4O2. The zero-order chi connectivity index (χ0) is 18.6. The minimum Gasteiger partial charge on any atom is -0.287 e. The lowest BCUT2D eigenvalue weighted by molar-refractivity contribution is 0.588. The van der Waals surface area contributed by atoms with Crippen LogP contribution in [-0.2, 0) is 19.5 Å². The van der Waals surface area contributed by atoms with Crippen LogP contribution in [0.5, 0.6) is 0 Å². The predicted octanol–water partition coefficient (Wildman–Crippen LogP) is 2.24. The molecule has 27 heavy (non-hydrogen) atoms. The monoisotopic (exact) mass is 358 g/mol. The zero-order valence-electron chi connectivity index (χ0n) is 14.7. The average Bonchev–Trinajstić information content (AvgIpc) is 2.72. The van der Waals surface area contributed by atoms with E-state index in [2.05, 4.69) is 9.97 Å². The lowest BCUT2D eigenvalue weighted by Crippen LogP contribution is -2.41. The molecule has 4 aromatic rings. The molecule has 0 atom stereocenters. The number of nitrogens with zero attached hydrogens (tertiary/aromatic N) is 4. The summed E-state index contributed by atoms with van der Waals surface area (Å²) < 4.78 is 2.87. The summed E-state index contributed by atoms with van der Waals surface area (Å²) in [5.41, 5.74) is 2.11. The molecule has 0 aliphatic heterocycles. The van der Waals surface area contributed by atoms with Gasteiger partial charge < -0.3 is 0 Å². The molecule has 0 saturated carbocycles. The summed E-state index contributed by atoms with van der Waals surface area (Å²) in [5.74, 6) is 0. The molecule has 134 valence electrons. The molecule has 3 aromatic heterocycles. The van der Waals surface area contributed by atoms with Crippen molar-refractivity contribution in [3.05, 3.63) is 105 Å². The number of rotatable bonds is 5. The Hall–Kier alpha value is -3.54. The predicted molar refractivity (Wildman–Crippen MR) is 104 cm³/mol. The first kappa shape index (κ1) is 16.9. The lowest BCUT2D eigenvalue weighted by atomic mass is 10.1. The molecule has 0 unspecified atom stereocenters. The Morgan fingerprint density at radius 1 is 0.815 bits per heavy atom. The first-order valence-corrected chi connectivity index (χ1v) is 8.75. The van der Waals surface area contributed by atoms with E-state index in [4.69, 9.17) is 0 Å². The zero-order valence-corrected chi connectivity index (χ0v) is 14.7. The third kappa shape index (κ3) is 3.42. The van der Waals surface area contributed by atoms with E-state index in [1.165, 1.54) is 4.57 Å². The quantitative estimate of drug-likeness (QED) is 0.549. The largest absolute Gasteiger partial charge is 0.331 e. The summed E-state index contributed by atoms with van der Waals surface area (Å²) in [6, 6.07) is 17.0. The van der Waals surface area contributed by atoms with Gasteiger partial charge in [-0.15, -0.1) is 0 Å². The Labute approximate surface area is 155 Å². The molecule has 0 fully saturated rings. The van der Waals surface area contributed by atoms with Crippen molar-refractivity contribution in [2.24, 2.45) is 0 Å². The van der Waals surface area contributed by atoms with Crippen LogP contribution in [0.2, 0.25) is 0 Å². The van der Waals surface area contributed by atoms with Gasteiger partial charge in [0, 0.05) is 25.1 Å². The molecule has 4 rings (SSSR count). The van der Waals surface area contributed by atoms with Gasteiger partial charge in [0.1, 0.15) is 0 Å². The van der Waals surface area contributed by atoms with E-state index in [0.29, 0.717) is 30.5 Å². The first-order chi connectivity index (χ1) is 13.2. The number of hydrogen-bond donors (Lipinski definition) is 0. The summed E-state index contributed by atoms with van der Waals surface area (Å²) in [7, 11) is 0. The number of pyridine rings is 2. The summed E-state index contributed by atoms with van der Waals surface area (Å²) in [5, 5.41) is 0. The van der Waals surface area contributed by atoms with Gasteiger partial charge >= 0.3 is 5.69 Å². The van der Waals surface area contributed by atoms with Gasteiger partial charge in [0.25, 0.3) is 5.56 Å². The maximum Gasteiger partial charge on any atom is 0.331 e. The SMILES string of the molecule is O=c1c2ncccc2n(Cc2cccnc2)c(=O)n1CCc1ccccc1. The van der Waals surface area contributed by atoms with Crippen LogP contribution in [0.15, 0.2) is 82.8 Å². The van der Waals surface area contributed by atoms with Gasteiger partial charge in [-0.1, -0.05) is 36.4 Å². The molecule has 6 heteroatoms. The second-order valence-electron chi connectivity index (χ2n) is 6.29. The average molecular weight is 358 g/mol. The minimum atomic E-state index is -0.353. The highest BCUT2D eigenvalue weighted by Gasteiger charge is 2.14. The van der Waals surface area contributed by atoms with Gasteiger partial charge in [-0.25, -0.2) is 9.78 Å². The number of aryl methyl sites for hydroxylation is 1. The van der Waals surface area contributed by atoms with Crippen molar-refractivity contribution in [3.8, 4) is 0 Å². The Morgan fingerprint density at radius 2 is 1.59 bits per heavy atom. The Balaban J connectivity index is 1.81. The highest BCUT2D eigenvalue weighted by atomic mass is 16.2. The molecule has 3 heterocycles. The molecule has 0 saturated heterocycles. The Morgan fingerprint density at radius 3 is 2.37 bits per heavy atom. The smallest absolute Gasteiger partial charge is 0.287 e. The van der Waals surface area contributed by atoms with Crippen molar-refractivity contribution in [1.82, 2.24) is 19.1 Å². The normalized spacial score (nSPS) is 11.0. The van der Waals surface area contributed by atoms with Crippen LogP contribution in [0.25, 0.3) is 11.0 Å². The van der Waals surface area contributed by atoms with E-state index in [0.717, 1.165) is 11.1 Å². The number of hydrogen-bond acceptors (Lipinski definition) is 4. The van der Waals surface area contributed by atoms with Crippen molar-refractivity contribution in [2.75, 3.05) is 0 Å². The standard InChI is InChI=1S/C21H18N4O2/c26-20-19-18(9-5-12-23-19)25(15-17-8-4-11-22-14-17)21(27)24(20)13-10-16-6-2-1-3-7-16/h1-9,11-12,14H,10,13,15H2. The second-order valence-corrected chi connectivity index (χ2v) is 6.29. The molecule has 0 spiro atoms. The van der Waals surface area contributed by atoms with E-state index >= 15 is 0 Å². The minimum absolute atomic E-state index is 0.300. The molecule has 0 N–H and O–H groups in total. The van der Waals surface area contributed by atoms with Gasteiger partial charge in [-0.05, 0) is 35.7 Å². The van der Waals surface area contributed by atoms with Crippen molar-refractivity contribution in [1.29, 1.82) is 0 Å². The summed E-state index contributed by atoms with van der Waals surface area (Å²) in [4.78, 5) is 34.3. The first-order valence-electron chi connectivity index (χ1n) is 8.75. The fourth-order valence-corrected chi connectivity index (χ4v) is 3.15. The molecule has 0 amide bonds. The van der Waals surface area contributed by atoms with Crippen LogP contribution in [0.4, 0.5) is 0 Å². The number of benzene rings is 1. The van der Waals surface area contributed by atoms with E-state index < -0.39 is 0 Å². The van der Waals surface area contributed by atoms with Crippen LogP contribution in [0.1, 0.15) is 11.1 Å². The van der Waals surface area contributed by atoms with E-state index in [1.807, 2.05) is 42.5 Å². The van der Waals surface area contributed by atoms with E-state index in [-0.39, 0.29) is 11.2 Å². The summed E-state index contributed by atoms with van der Waals surface area (Å²) in [6.45, 7) is 0.641. The molecule has 0 bridgehead atoms.